The van der Waals surface area contributed by atoms with Gasteiger partial charge in [-0.25, -0.2) is 12.4 Å². The first kappa shape index (κ1) is 25.1. The van der Waals surface area contributed by atoms with Gasteiger partial charge in [-0.3, -0.25) is 4.79 Å². The van der Waals surface area contributed by atoms with E-state index < -0.39 is 10.0 Å². The van der Waals surface area contributed by atoms with Crippen molar-refractivity contribution in [2.24, 2.45) is 5.92 Å². The van der Waals surface area contributed by atoms with Crippen LogP contribution in [0.25, 0.3) is 22.0 Å². The molecule has 1 aromatic heterocycles. The topological polar surface area (TPSA) is 59.4 Å². The molecule has 5 nitrogen and oxygen atoms in total. The van der Waals surface area contributed by atoms with Crippen molar-refractivity contribution in [1.82, 2.24) is 8.87 Å². The third-order valence-corrected chi connectivity index (χ3v) is 9.38. The summed E-state index contributed by atoms with van der Waals surface area (Å²) >= 11 is 0. The first-order valence-corrected chi connectivity index (χ1v) is 14.8. The molecule has 0 atom stereocenters. The highest BCUT2D eigenvalue weighted by Crippen LogP contribution is 2.33. The van der Waals surface area contributed by atoms with Crippen LogP contribution in [0, 0.1) is 5.92 Å². The van der Waals surface area contributed by atoms with Crippen LogP contribution >= 0.6 is 0 Å². The van der Waals surface area contributed by atoms with Crippen LogP contribution in [0.1, 0.15) is 28.8 Å². The van der Waals surface area contributed by atoms with Crippen molar-refractivity contribution >= 4 is 26.8 Å². The summed E-state index contributed by atoms with van der Waals surface area (Å²) in [4.78, 5) is 15.2. The lowest BCUT2D eigenvalue weighted by atomic mass is 9.90. The zero-order valence-electron chi connectivity index (χ0n) is 21.6. The number of carbonyl (C=O) groups is 1. The molecule has 1 aliphatic heterocycles. The fourth-order valence-corrected chi connectivity index (χ4v) is 6.92. The van der Waals surface area contributed by atoms with E-state index in [4.69, 9.17) is 0 Å². The van der Waals surface area contributed by atoms with Crippen molar-refractivity contribution in [2.75, 3.05) is 13.1 Å². The van der Waals surface area contributed by atoms with Gasteiger partial charge in [0.15, 0.2) is 0 Å². The highest BCUT2D eigenvalue weighted by atomic mass is 32.2. The van der Waals surface area contributed by atoms with Crippen molar-refractivity contribution < 1.29 is 13.2 Å². The highest BCUT2D eigenvalue weighted by Gasteiger charge is 2.25. The van der Waals surface area contributed by atoms with E-state index in [1.807, 2.05) is 65.6 Å². The molecule has 0 aliphatic carbocycles. The van der Waals surface area contributed by atoms with Gasteiger partial charge in [-0.05, 0) is 66.6 Å². The zero-order valence-corrected chi connectivity index (χ0v) is 22.4. The molecule has 1 aliphatic rings. The minimum absolute atomic E-state index is 0.0464. The molecule has 0 N–H and O–H groups in total. The van der Waals surface area contributed by atoms with Gasteiger partial charge in [0.25, 0.3) is 15.9 Å². The Morgan fingerprint density at radius 3 is 2.05 bits per heavy atom. The molecule has 5 aromatic rings. The van der Waals surface area contributed by atoms with Crippen LogP contribution in [0.4, 0.5) is 0 Å². The van der Waals surface area contributed by atoms with E-state index >= 15 is 0 Å². The molecule has 6 heteroatoms. The number of likely N-dealkylation sites (tertiary alicyclic amines) is 1. The molecular weight excluding hydrogens is 504 g/mol. The van der Waals surface area contributed by atoms with E-state index in [1.165, 1.54) is 9.54 Å². The molecule has 1 saturated heterocycles. The van der Waals surface area contributed by atoms with Gasteiger partial charge in [0, 0.05) is 35.8 Å². The van der Waals surface area contributed by atoms with E-state index in [-0.39, 0.29) is 10.8 Å². The summed E-state index contributed by atoms with van der Waals surface area (Å²) in [7, 11) is -3.87. The number of benzene rings is 4. The molecule has 1 fully saturated rings. The van der Waals surface area contributed by atoms with Gasteiger partial charge in [-0.1, -0.05) is 78.9 Å². The summed E-state index contributed by atoms with van der Waals surface area (Å²) in [6.07, 6.45) is 4.67. The maximum absolute atomic E-state index is 13.7. The maximum atomic E-state index is 13.7. The average Bonchev–Trinajstić information content (AvgIpc) is 3.39. The number of carbonyl (C=O) groups excluding carboxylic acids is 1. The molecule has 4 aromatic carbocycles. The van der Waals surface area contributed by atoms with Crippen LogP contribution in [0.15, 0.2) is 120 Å². The number of amides is 1. The van der Waals surface area contributed by atoms with Crippen LogP contribution in [-0.4, -0.2) is 36.3 Å². The van der Waals surface area contributed by atoms with Crippen molar-refractivity contribution in [2.45, 2.75) is 24.2 Å². The maximum Gasteiger partial charge on any atom is 0.268 e. The molecule has 1 amide bonds. The average molecular weight is 535 g/mol. The predicted octanol–water partition coefficient (Wildman–Crippen LogP) is 6.64. The Morgan fingerprint density at radius 1 is 0.744 bits per heavy atom. The molecule has 39 heavy (non-hydrogen) atoms. The number of rotatable bonds is 6. The Hall–Kier alpha value is -4.16. The summed E-state index contributed by atoms with van der Waals surface area (Å²) < 4.78 is 28.8. The smallest absolute Gasteiger partial charge is 0.268 e. The Kier molecular flexibility index (Phi) is 6.79. The lowest BCUT2D eigenvalue weighted by Gasteiger charge is -2.32. The van der Waals surface area contributed by atoms with Crippen molar-refractivity contribution in [3.8, 4) is 11.1 Å². The number of hydrogen-bond acceptors (Lipinski definition) is 3. The number of piperidine rings is 1. The zero-order chi connectivity index (χ0) is 26.8. The monoisotopic (exact) mass is 534 g/mol. The van der Waals surface area contributed by atoms with Gasteiger partial charge in [0.1, 0.15) is 0 Å². The molecular formula is C33H30N2O3S. The van der Waals surface area contributed by atoms with Crippen molar-refractivity contribution in [3.05, 3.63) is 127 Å². The van der Waals surface area contributed by atoms with E-state index in [1.54, 1.807) is 30.5 Å². The Bertz CT molecular complexity index is 1700. The fourth-order valence-electron chi connectivity index (χ4n) is 5.55. The van der Waals surface area contributed by atoms with E-state index in [0.29, 0.717) is 30.1 Å². The summed E-state index contributed by atoms with van der Waals surface area (Å²) in [6.45, 7) is 1.43. The van der Waals surface area contributed by atoms with Gasteiger partial charge in [0.2, 0.25) is 0 Å². The molecule has 2 heterocycles. The number of para-hydroxylation sites is 1. The summed E-state index contributed by atoms with van der Waals surface area (Å²) in [6, 6.07) is 34.1. The molecule has 0 radical (unpaired) electrons. The molecule has 196 valence electrons. The van der Waals surface area contributed by atoms with Gasteiger partial charge >= 0.3 is 0 Å². The third-order valence-electron chi connectivity index (χ3n) is 7.69. The number of nitrogens with zero attached hydrogens (tertiary/aromatic N) is 2. The van der Waals surface area contributed by atoms with Gasteiger partial charge in [0.05, 0.1) is 10.4 Å². The van der Waals surface area contributed by atoms with Gasteiger partial charge in [-0.15, -0.1) is 0 Å². The molecule has 0 saturated carbocycles. The predicted molar refractivity (Wildman–Crippen MR) is 155 cm³/mol. The SMILES string of the molecule is O=C(c1ccc(S(=O)(=O)n2cc(-c3ccccc3)c3ccccc32)cc1)N1CCC(Cc2ccccc2)CC1. The first-order valence-electron chi connectivity index (χ1n) is 13.3. The van der Waals surface area contributed by atoms with Crippen LogP contribution in [0.5, 0.6) is 0 Å². The number of fused-ring (bicyclic) bond motifs is 1. The lowest BCUT2D eigenvalue weighted by molar-refractivity contribution is 0.0690. The van der Waals surface area contributed by atoms with Crippen LogP contribution in [0.3, 0.4) is 0 Å². The van der Waals surface area contributed by atoms with Crippen molar-refractivity contribution in [1.29, 1.82) is 0 Å². The number of hydrogen-bond donors (Lipinski definition) is 0. The van der Waals surface area contributed by atoms with E-state index in [9.17, 15) is 13.2 Å². The Balaban J connectivity index is 1.20. The summed E-state index contributed by atoms with van der Waals surface area (Å²) in [5.41, 5.74) is 4.28. The second-order valence-corrected chi connectivity index (χ2v) is 12.0. The van der Waals surface area contributed by atoms with Gasteiger partial charge in [-0.2, -0.15) is 0 Å². The van der Waals surface area contributed by atoms with Gasteiger partial charge < -0.3 is 4.90 Å². The highest BCUT2D eigenvalue weighted by molar-refractivity contribution is 7.90. The number of aromatic nitrogens is 1. The largest absolute Gasteiger partial charge is 0.339 e. The molecule has 0 spiro atoms. The molecule has 0 bridgehead atoms. The first-order chi connectivity index (χ1) is 19.0. The summed E-state index contributed by atoms with van der Waals surface area (Å²) in [5.74, 6) is 0.524. The normalized spacial score (nSPS) is 14.5. The minimum Gasteiger partial charge on any atom is -0.339 e. The third kappa shape index (κ3) is 5.00. The quantitative estimate of drug-likeness (QED) is 0.245. The molecule has 0 unspecified atom stereocenters. The standard InChI is InChI=1S/C33H30N2O3S/c36-33(34-21-19-26(20-22-34)23-25-9-3-1-4-10-25)28-15-17-29(18-16-28)39(37,38)35-24-31(27-11-5-2-6-12-27)30-13-7-8-14-32(30)35/h1-18,24,26H,19-23H2. The van der Waals surface area contributed by atoms with E-state index in [0.717, 1.165) is 35.8 Å². The summed E-state index contributed by atoms with van der Waals surface area (Å²) in [5, 5.41) is 0.870. The second kappa shape index (κ2) is 10.5. The molecule has 6 rings (SSSR count). The Labute approximate surface area is 229 Å². The second-order valence-electron chi connectivity index (χ2n) is 10.2. The van der Waals surface area contributed by atoms with E-state index in [2.05, 4.69) is 24.3 Å². The fraction of sp³-hybridized carbons (Fsp3) is 0.182. The van der Waals surface area contributed by atoms with Crippen LogP contribution in [0.2, 0.25) is 0 Å². The van der Waals surface area contributed by atoms with Crippen LogP contribution in [-0.2, 0) is 16.4 Å². The van der Waals surface area contributed by atoms with Crippen LogP contribution < -0.4 is 0 Å². The Morgan fingerprint density at radius 2 is 1.36 bits per heavy atom. The lowest BCUT2D eigenvalue weighted by Crippen LogP contribution is -2.38. The van der Waals surface area contributed by atoms with Crippen molar-refractivity contribution in [3.63, 3.8) is 0 Å². The minimum atomic E-state index is -3.87.